The monoisotopic (exact) mass is 331 g/mol. The van der Waals surface area contributed by atoms with Crippen LogP contribution in [0.3, 0.4) is 0 Å². The van der Waals surface area contributed by atoms with E-state index in [-0.39, 0.29) is 5.82 Å². The largest absolute Gasteiger partial charge is 0.343 e. The van der Waals surface area contributed by atoms with Gasteiger partial charge in [-0.25, -0.2) is 4.39 Å². The van der Waals surface area contributed by atoms with E-state index in [0.717, 1.165) is 30.4 Å². The molecule has 124 valence electrons. The van der Waals surface area contributed by atoms with Gasteiger partial charge < -0.3 is 9.88 Å². The van der Waals surface area contributed by atoms with Gasteiger partial charge in [0, 0.05) is 23.8 Å². The van der Waals surface area contributed by atoms with Crippen LogP contribution in [0, 0.1) is 17.1 Å². The SMILES string of the molecule is N#Cc1ccc(Cn2ccc3ccc(C4=CCNCC4)cc32)c(F)c1. The van der Waals surface area contributed by atoms with Gasteiger partial charge in [-0.1, -0.05) is 24.3 Å². The fourth-order valence-electron chi connectivity index (χ4n) is 3.33. The van der Waals surface area contributed by atoms with E-state index in [1.165, 1.54) is 17.2 Å². The molecule has 2 aromatic carbocycles. The van der Waals surface area contributed by atoms with Crippen molar-refractivity contribution in [1.82, 2.24) is 9.88 Å². The first-order chi connectivity index (χ1) is 12.2. The maximum absolute atomic E-state index is 14.2. The van der Waals surface area contributed by atoms with Gasteiger partial charge in [0.25, 0.3) is 0 Å². The standard InChI is InChI=1S/C21H18FN3/c22-20-11-15(13-23)1-2-19(20)14-25-10-7-17-3-4-18(12-21(17)25)16-5-8-24-9-6-16/h1-5,7,10-12,24H,6,8-9,14H2. The predicted octanol–water partition coefficient (Wildman–Crippen LogP) is 4.08. The second kappa shape index (κ2) is 6.54. The second-order valence-electron chi connectivity index (χ2n) is 6.32. The van der Waals surface area contributed by atoms with Crippen LogP contribution in [-0.4, -0.2) is 17.7 Å². The zero-order chi connectivity index (χ0) is 17.2. The molecule has 3 nitrogen and oxygen atoms in total. The van der Waals surface area contributed by atoms with Crippen LogP contribution in [-0.2, 0) is 6.54 Å². The molecule has 0 amide bonds. The third kappa shape index (κ3) is 3.07. The van der Waals surface area contributed by atoms with E-state index in [0.29, 0.717) is 17.7 Å². The molecule has 3 aromatic rings. The van der Waals surface area contributed by atoms with E-state index in [1.807, 2.05) is 12.3 Å². The van der Waals surface area contributed by atoms with E-state index in [1.54, 1.807) is 12.1 Å². The smallest absolute Gasteiger partial charge is 0.129 e. The highest BCUT2D eigenvalue weighted by molar-refractivity contribution is 5.84. The summed E-state index contributed by atoms with van der Waals surface area (Å²) < 4.78 is 16.3. The molecule has 0 fully saturated rings. The summed E-state index contributed by atoms with van der Waals surface area (Å²) in [6.07, 6.45) is 5.25. The molecule has 0 unspecified atom stereocenters. The van der Waals surface area contributed by atoms with Crippen molar-refractivity contribution in [3.63, 3.8) is 0 Å². The molecular formula is C21H18FN3. The number of nitrogens with one attached hydrogen (secondary N) is 1. The average molecular weight is 331 g/mol. The number of halogens is 1. The highest BCUT2D eigenvalue weighted by Crippen LogP contribution is 2.26. The Kier molecular flexibility index (Phi) is 4.09. The maximum atomic E-state index is 14.2. The zero-order valence-electron chi connectivity index (χ0n) is 13.8. The second-order valence-corrected chi connectivity index (χ2v) is 6.32. The Bertz CT molecular complexity index is 1010. The zero-order valence-corrected chi connectivity index (χ0v) is 13.8. The minimum atomic E-state index is -0.335. The van der Waals surface area contributed by atoms with Gasteiger partial charge in [0.2, 0.25) is 0 Å². The normalized spacial score (nSPS) is 14.3. The van der Waals surface area contributed by atoms with Crippen LogP contribution in [0.5, 0.6) is 0 Å². The van der Waals surface area contributed by atoms with Crippen LogP contribution in [0.15, 0.2) is 54.7 Å². The van der Waals surface area contributed by atoms with Gasteiger partial charge >= 0.3 is 0 Å². The first-order valence-corrected chi connectivity index (χ1v) is 8.42. The third-order valence-electron chi connectivity index (χ3n) is 4.73. The summed E-state index contributed by atoms with van der Waals surface area (Å²) in [5.41, 5.74) is 4.62. The summed E-state index contributed by atoms with van der Waals surface area (Å²) in [6, 6.07) is 15.1. The van der Waals surface area contributed by atoms with Gasteiger partial charge in [0.15, 0.2) is 0 Å². The van der Waals surface area contributed by atoms with Crippen molar-refractivity contribution in [1.29, 1.82) is 5.26 Å². The molecule has 0 saturated carbocycles. The summed E-state index contributed by atoms with van der Waals surface area (Å²) in [5, 5.41) is 13.3. The molecule has 25 heavy (non-hydrogen) atoms. The van der Waals surface area contributed by atoms with Gasteiger partial charge in [-0.15, -0.1) is 0 Å². The lowest BCUT2D eigenvalue weighted by Gasteiger charge is -2.15. The van der Waals surface area contributed by atoms with E-state index >= 15 is 0 Å². The van der Waals surface area contributed by atoms with Crippen LogP contribution < -0.4 is 5.32 Å². The Morgan fingerprint density at radius 1 is 1.16 bits per heavy atom. The van der Waals surface area contributed by atoms with Gasteiger partial charge in [-0.2, -0.15) is 5.26 Å². The summed E-state index contributed by atoms with van der Waals surface area (Å²) in [7, 11) is 0. The first kappa shape index (κ1) is 15.6. The van der Waals surface area contributed by atoms with Gasteiger partial charge in [-0.3, -0.25) is 0 Å². The average Bonchev–Trinajstić information content (AvgIpc) is 3.06. The van der Waals surface area contributed by atoms with Crippen molar-refractivity contribution >= 4 is 16.5 Å². The van der Waals surface area contributed by atoms with Crippen molar-refractivity contribution in [3.05, 3.63) is 77.2 Å². The van der Waals surface area contributed by atoms with Crippen molar-refractivity contribution < 1.29 is 4.39 Å². The predicted molar refractivity (Wildman–Crippen MR) is 97.6 cm³/mol. The van der Waals surface area contributed by atoms with Crippen molar-refractivity contribution in [3.8, 4) is 6.07 Å². The molecule has 4 rings (SSSR count). The molecule has 0 atom stereocenters. The van der Waals surface area contributed by atoms with Crippen LogP contribution in [0.1, 0.15) is 23.1 Å². The number of aromatic nitrogens is 1. The minimum absolute atomic E-state index is 0.335. The number of nitrogens with zero attached hydrogens (tertiary/aromatic N) is 2. The number of nitriles is 1. The highest BCUT2D eigenvalue weighted by atomic mass is 19.1. The van der Waals surface area contributed by atoms with Crippen LogP contribution in [0.2, 0.25) is 0 Å². The van der Waals surface area contributed by atoms with Crippen molar-refractivity contribution in [2.75, 3.05) is 13.1 Å². The number of rotatable bonds is 3. The molecule has 0 radical (unpaired) electrons. The Hall–Kier alpha value is -2.90. The molecule has 0 spiro atoms. The molecule has 1 aromatic heterocycles. The Morgan fingerprint density at radius 2 is 2.08 bits per heavy atom. The van der Waals surface area contributed by atoms with Gasteiger partial charge in [-0.05, 0) is 53.8 Å². The summed E-state index contributed by atoms with van der Waals surface area (Å²) in [6.45, 7) is 2.36. The van der Waals surface area contributed by atoms with Crippen LogP contribution in [0.25, 0.3) is 16.5 Å². The number of hydrogen-bond acceptors (Lipinski definition) is 2. The summed E-state index contributed by atoms with van der Waals surface area (Å²) >= 11 is 0. The van der Waals surface area contributed by atoms with Crippen LogP contribution >= 0.6 is 0 Å². The molecule has 2 heterocycles. The van der Waals surface area contributed by atoms with Gasteiger partial charge in [0.05, 0.1) is 18.2 Å². The molecule has 0 bridgehead atoms. The van der Waals surface area contributed by atoms with Crippen molar-refractivity contribution in [2.45, 2.75) is 13.0 Å². The summed E-state index contributed by atoms with van der Waals surface area (Å²) in [5.74, 6) is -0.335. The molecule has 0 saturated heterocycles. The minimum Gasteiger partial charge on any atom is -0.343 e. The maximum Gasteiger partial charge on any atom is 0.129 e. The van der Waals surface area contributed by atoms with E-state index in [2.05, 4.69) is 40.2 Å². The topological polar surface area (TPSA) is 40.8 Å². The lowest BCUT2D eigenvalue weighted by atomic mass is 9.99. The third-order valence-corrected chi connectivity index (χ3v) is 4.73. The lowest BCUT2D eigenvalue weighted by molar-refractivity contribution is 0.601. The molecule has 1 N–H and O–H groups in total. The molecule has 4 heteroatoms. The number of benzene rings is 2. The Morgan fingerprint density at radius 3 is 2.84 bits per heavy atom. The Balaban J connectivity index is 1.70. The Labute approximate surface area is 146 Å². The molecule has 1 aliphatic rings. The van der Waals surface area contributed by atoms with Crippen LogP contribution in [0.4, 0.5) is 4.39 Å². The fourth-order valence-corrected chi connectivity index (χ4v) is 3.33. The molecule has 0 aliphatic carbocycles. The summed E-state index contributed by atoms with van der Waals surface area (Å²) in [4.78, 5) is 0. The fraction of sp³-hybridized carbons (Fsp3) is 0.190. The van der Waals surface area contributed by atoms with E-state index < -0.39 is 0 Å². The highest BCUT2D eigenvalue weighted by Gasteiger charge is 2.10. The lowest BCUT2D eigenvalue weighted by Crippen LogP contribution is -2.20. The van der Waals surface area contributed by atoms with E-state index in [9.17, 15) is 4.39 Å². The quantitative estimate of drug-likeness (QED) is 0.786. The molecule has 1 aliphatic heterocycles. The number of fused-ring (bicyclic) bond motifs is 1. The molecular weight excluding hydrogens is 313 g/mol. The van der Waals surface area contributed by atoms with E-state index in [4.69, 9.17) is 5.26 Å². The van der Waals surface area contributed by atoms with Crippen molar-refractivity contribution in [2.24, 2.45) is 0 Å². The number of hydrogen-bond donors (Lipinski definition) is 1. The van der Waals surface area contributed by atoms with Gasteiger partial charge in [0.1, 0.15) is 5.82 Å². The first-order valence-electron chi connectivity index (χ1n) is 8.42.